The van der Waals surface area contributed by atoms with E-state index in [0.29, 0.717) is 5.16 Å². The minimum atomic E-state index is -0.305. The minimum absolute atomic E-state index is 0.0630. The van der Waals surface area contributed by atoms with Crippen molar-refractivity contribution >= 4 is 23.4 Å². The summed E-state index contributed by atoms with van der Waals surface area (Å²) in [5, 5.41) is 3.25. The van der Waals surface area contributed by atoms with Gasteiger partial charge in [-0.25, -0.2) is 9.97 Å². The van der Waals surface area contributed by atoms with E-state index in [4.69, 9.17) is 0 Å². The number of nitrogens with one attached hydrogen (secondary N) is 1. The second-order valence-electron chi connectivity index (χ2n) is 6.16. The normalized spacial score (nSPS) is 11.8. The second kappa shape index (κ2) is 8.15. The van der Waals surface area contributed by atoms with Crippen LogP contribution in [0.3, 0.4) is 0 Å². The highest BCUT2D eigenvalue weighted by atomic mass is 32.2. The molecule has 0 aliphatic carbocycles. The van der Waals surface area contributed by atoms with Gasteiger partial charge in [-0.1, -0.05) is 54.2 Å². The van der Waals surface area contributed by atoms with Crippen molar-refractivity contribution in [1.29, 1.82) is 0 Å². The monoisotopic (exact) mass is 363 g/mol. The molecular weight excluding hydrogens is 342 g/mol. The molecule has 4 nitrogen and oxygen atoms in total. The van der Waals surface area contributed by atoms with Crippen molar-refractivity contribution in [2.75, 3.05) is 5.32 Å². The summed E-state index contributed by atoms with van der Waals surface area (Å²) in [4.78, 5) is 21.6. The zero-order valence-corrected chi connectivity index (χ0v) is 15.9. The van der Waals surface area contributed by atoms with Crippen LogP contribution in [-0.2, 0) is 4.79 Å². The molecule has 0 unspecified atom stereocenters. The Hall–Kier alpha value is -2.66. The Morgan fingerprint density at radius 1 is 1.00 bits per heavy atom. The topological polar surface area (TPSA) is 54.9 Å². The molecule has 0 saturated heterocycles. The molecule has 3 rings (SSSR count). The first-order chi connectivity index (χ1) is 12.5. The van der Waals surface area contributed by atoms with E-state index in [1.807, 2.05) is 81.4 Å². The van der Waals surface area contributed by atoms with Gasteiger partial charge in [0, 0.05) is 16.9 Å². The van der Waals surface area contributed by atoms with Crippen LogP contribution in [0, 0.1) is 13.8 Å². The number of rotatable bonds is 5. The summed E-state index contributed by atoms with van der Waals surface area (Å²) in [5.74, 6) is -0.0630. The molecule has 2 aromatic carbocycles. The third-order valence-corrected chi connectivity index (χ3v) is 4.80. The maximum atomic E-state index is 12.5. The highest BCUT2D eigenvalue weighted by molar-refractivity contribution is 8.00. The maximum absolute atomic E-state index is 12.5. The van der Waals surface area contributed by atoms with Crippen molar-refractivity contribution < 1.29 is 4.79 Å². The van der Waals surface area contributed by atoms with Gasteiger partial charge in [0.15, 0.2) is 5.16 Å². The van der Waals surface area contributed by atoms with Crippen molar-refractivity contribution in [1.82, 2.24) is 9.97 Å². The molecule has 1 amide bonds. The molecule has 26 heavy (non-hydrogen) atoms. The van der Waals surface area contributed by atoms with E-state index in [-0.39, 0.29) is 11.2 Å². The van der Waals surface area contributed by atoms with Gasteiger partial charge in [0.25, 0.3) is 0 Å². The van der Waals surface area contributed by atoms with Gasteiger partial charge >= 0.3 is 0 Å². The molecule has 0 spiro atoms. The highest BCUT2D eigenvalue weighted by Gasteiger charge is 2.17. The number of benzene rings is 2. The lowest BCUT2D eigenvalue weighted by molar-refractivity contribution is -0.115. The zero-order chi connectivity index (χ0) is 18.5. The number of carbonyl (C=O) groups is 1. The van der Waals surface area contributed by atoms with Gasteiger partial charge in [-0.15, -0.1) is 0 Å². The number of hydrogen-bond acceptors (Lipinski definition) is 4. The third-order valence-electron chi connectivity index (χ3n) is 3.84. The summed E-state index contributed by atoms with van der Waals surface area (Å²) < 4.78 is 0. The smallest absolute Gasteiger partial charge is 0.237 e. The first-order valence-corrected chi connectivity index (χ1v) is 9.34. The molecule has 0 fully saturated rings. The zero-order valence-electron chi connectivity index (χ0n) is 15.1. The molecule has 132 valence electrons. The first-order valence-electron chi connectivity index (χ1n) is 8.46. The van der Waals surface area contributed by atoms with Crippen LogP contribution >= 0.6 is 11.8 Å². The van der Waals surface area contributed by atoms with Gasteiger partial charge in [0.2, 0.25) is 5.91 Å². The highest BCUT2D eigenvalue weighted by Crippen LogP contribution is 2.25. The van der Waals surface area contributed by atoms with Crippen molar-refractivity contribution in [2.24, 2.45) is 0 Å². The number of amides is 1. The van der Waals surface area contributed by atoms with E-state index in [0.717, 1.165) is 28.2 Å². The largest absolute Gasteiger partial charge is 0.325 e. The molecule has 1 N–H and O–H groups in total. The van der Waals surface area contributed by atoms with E-state index >= 15 is 0 Å². The average molecular weight is 363 g/mol. The Morgan fingerprint density at radius 3 is 2.50 bits per heavy atom. The molecule has 1 heterocycles. The van der Waals surface area contributed by atoms with Crippen LogP contribution in [0.25, 0.3) is 11.3 Å². The minimum Gasteiger partial charge on any atom is -0.325 e. The SMILES string of the molecule is Cc1cccc(NC(=O)[C@@H](C)Sc2nc(C)cc(-c3ccccc3)n2)c1. The summed E-state index contributed by atoms with van der Waals surface area (Å²) in [6, 6.07) is 19.7. The Labute approximate surface area is 158 Å². The molecule has 0 bridgehead atoms. The van der Waals surface area contributed by atoms with Crippen LogP contribution in [0.2, 0.25) is 0 Å². The number of aryl methyl sites for hydroxylation is 2. The molecule has 1 aromatic heterocycles. The van der Waals surface area contributed by atoms with Crippen LogP contribution in [0.15, 0.2) is 65.8 Å². The van der Waals surface area contributed by atoms with Gasteiger partial charge in [-0.2, -0.15) is 0 Å². The van der Waals surface area contributed by atoms with Crippen molar-refractivity contribution in [3.8, 4) is 11.3 Å². The van der Waals surface area contributed by atoms with Crippen molar-refractivity contribution in [3.05, 3.63) is 71.9 Å². The molecular formula is C21H21N3OS. The van der Waals surface area contributed by atoms with Crippen LogP contribution in [-0.4, -0.2) is 21.1 Å². The van der Waals surface area contributed by atoms with Crippen LogP contribution in [0.5, 0.6) is 0 Å². The molecule has 1 atom stereocenters. The van der Waals surface area contributed by atoms with Gasteiger partial charge in [0.1, 0.15) is 0 Å². The average Bonchev–Trinajstić information content (AvgIpc) is 2.62. The molecule has 0 saturated carbocycles. The fourth-order valence-corrected chi connectivity index (χ4v) is 3.36. The van der Waals surface area contributed by atoms with Gasteiger partial charge in [-0.3, -0.25) is 4.79 Å². The molecule has 3 aromatic rings. The Kier molecular flexibility index (Phi) is 5.68. The first kappa shape index (κ1) is 18.1. The van der Waals surface area contributed by atoms with E-state index in [1.54, 1.807) is 0 Å². The molecule has 0 aliphatic rings. The summed E-state index contributed by atoms with van der Waals surface area (Å²) in [7, 11) is 0. The summed E-state index contributed by atoms with van der Waals surface area (Å²) in [5.41, 5.74) is 4.70. The van der Waals surface area contributed by atoms with E-state index in [9.17, 15) is 4.79 Å². The van der Waals surface area contributed by atoms with Crippen LogP contribution in [0.1, 0.15) is 18.2 Å². The summed E-state index contributed by atoms with van der Waals surface area (Å²) in [6.45, 7) is 5.80. The Morgan fingerprint density at radius 2 is 1.77 bits per heavy atom. The number of anilines is 1. The van der Waals surface area contributed by atoms with Crippen LogP contribution in [0.4, 0.5) is 5.69 Å². The number of hydrogen-bond donors (Lipinski definition) is 1. The summed E-state index contributed by atoms with van der Waals surface area (Å²) >= 11 is 1.36. The Balaban J connectivity index is 1.73. The molecule has 0 radical (unpaired) electrons. The van der Waals surface area contributed by atoms with Crippen molar-refractivity contribution in [2.45, 2.75) is 31.2 Å². The predicted octanol–water partition coefficient (Wildman–Crippen LogP) is 4.88. The van der Waals surface area contributed by atoms with Gasteiger partial charge in [0.05, 0.1) is 10.9 Å². The van der Waals surface area contributed by atoms with E-state index < -0.39 is 0 Å². The standard InChI is InChI=1S/C21H21N3OS/c1-14-8-7-11-18(12-14)23-20(25)16(3)26-21-22-15(2)13-19(24-21)17-9-5-4-6-10-17/h4-13,16H,1-3H3,(H,23,25)/t16-/m1/s1. The lowest BCUT2D eigenvalue weighted by Gasteiger charge is -2.12. The van der Waals surface area contributed by atoms with Gasteiger partial charge < -0.3 is 5.32 Å². The summed E-state index contributed by atoms with van der Waals surface area (Å²) in [6.07, 6.45) is 0. The number of aromatic nitrogens is 2. The van der Waals surface area contributed by atoms with E-state index in [1.165, 1.54) is 11.8 Å². The molecule has 0 aliphatic heterocycles. The lowest BCUT2D eigenvalue weighted by Crippen LogP contribution is -2.22. The van der Waals surface area contributed by atoms with Gasteiger partial charge in [-0.05, 0) is 44.5 Å². The molecule has 5 heteroatoms. The number of thioether (sulfide) groups is 1. The quantitative estimate of drug-likeness (QED) is 0.518. The fraction of sp³-hybridized carbons (Fsp3) is 0.190. The number of carbonyl (C=O) groups excluding carboxylic acids is 1. The fourth-order valence-electron chi connectivity index (χ4n) is 2.53. The van der Waals surface area contributed by atoms with Crippen molar-refractivity contribution in [3.63, 3.8) is 0 Å². The second-order valence-corrected chi connectivity index (χ2v) is 7.47. The maximum Gasteiger partial charge on any atom is 0.237 e. The number of nitrogens with zero attached hydrogens (tertiary/aromatic N) is 2. The van der Waals surface area contributed by atoms with Crippen LogP contribution < -0.4 is 5.32 Å². The predicted molar refractivity (Wildman–Crippen MR) is 107 cm³/mol. The lowest BCUT2D eigenvalue weighted by atomic mass is 10.1. The van der Waals surface area contributed by atoms with E-state index in [2.05, 4.69) is 15.3 Å². The third kappa shape index (κ3) is 4.70. The Bertz CT molecular complexity index is 912.